The Labute approximate surface area is 190 Å². The molecule has 2 heterocycles. The molecule has 0 aliphatic carbocycles. The van der Waals surface area contributed by atoms with Crippen LogP contribution in [-0.2, 0) is 21.7 Å². The average Bonchev–Trinajstić information content (AvgIpc) is 3.41. The molecule has 0 fully saturated rings. The summed E-state index contributed by atoms with van der Waals surface area (Å²) in [5.74, 6) is -0.567. The van der Waals surface area contributed by atoms with E-state index in [1.807, 2.05) is 30.3 Å². The molecular weight excluding hydrogens is 424 g/mol. The van der Waals surface area contributed by atoms with E-state index < -0.39 is 11.8 Å². The molecule has 1 N–H and O–H groups in total. The summed E-state index contributed by atoms with van der Waals surface area (Å²) < 4.78 is 27.2. The van der Waals surface area contributed by atoms with Gasteiger partial charge in [0.2, 0.25) is 6.79 Å². The Morgan fingerprint density at radius 1 is 0.909 bits per heavy atom. The molecule has 1 unspecified atom stereocenters. The fourth-order valence-corrected chi connectivity index (χ4v) is 4.17. The number of carbonyl (C=O) groups excluding carboxylic acids is 1. The van der Waals surface area contributed by atoms with Gasteiger partial charge in [-0.15, -0.1) is 0 Å². The van der Waals surface area contributed by atoms with Crippen molar-refractivity contribution in [2.45, 2.75) is 12.2 Å². The van der Waals surface area contributed by atoms with Gasteiger partial charge in [0.15, 0.2) is 23.0 Å². The fourth-order valence-electron chi connectivity index (χ4n) is 4.17. The van der Waals surface area contributed by atoms with Crippen LogP contribution in [0.2, 0.25) is 0 Å². The normalized spacial score (nSPS) is 18.9. The molecule has 2 aliphatic rings. The number of aliphatic hydroxyl groups is 1. The Balaban J connectivity index is 1.68. The summed E-state index contributed by atoms with van der Waals surface area (Å²) in [4.78, 5) is 13.2. The van der Waals surface area contributed by atoms with Crippen LogP contribution in [0.4, 0.5) is 0 Å². The van der Waals surface area contributed by atoms with Crippen LogP contribution in [0.5, 0.6) is 23.0 Å². The third-order valence-corrected chi connectivity index (χ3v) is 5.82. The molecule has 0 saturated carbocycles. The molecule has 168 valence electrons. The van der Waals surface area contributed by atoms with E-state index in [4.69, 9.17) is 23.7 Å². The zero-order valence-electron chi connectivity index (χ0n) is 18.2. The van der Waals surface area contributed by atoms with Crippen LogP contribution in [0.3, 0.4) is 0 Å². The van der Waals surface area contributed by atoms with Gasteiger partial charge in [-0.25, -0.2) is 4.79 Å². The minimum Gasteiger partial charge on any atom is -0.493 e. The summed E-state index contributed by atoms with van der Waals surface area (Å²) in [6.07, 6.45) is 0.293. The maximum atomic E-state index is 13.2. The van der Waals surface area contributed by atoms with Gasteiger partial charge >= 0.3 is 5.97 Å². The Morgan fingerprint density at radius 3 is 2.42 bits per heavy atom. The Hall–Kier alpha value is -3.97. The monoisotopic (exact) mass is 446 g/mol. The molecule has 7 heteroatoms. The van der Waals surface area contributed by atoms with E-state index >= 15 is 0 Å². The molecule has 33 heavy (non-hydrogen) atoms. The lowest BCUT2D eigenvalue weighted by atomic mass is 9.88. The molecular formula is C26H22O7. The van der Waals surface area contributed by atoms with E-state index in [1.165, 1.54) is 14.2 Å². The second-order valence-corrected chi connectivity index (χ2v) is 7.69. The first-order valence-corrected chi connectivity index (χ1v) is 10.4. The average molecular weight is 446 g/mol. The van der Waals surface area contributed by atoms with Gasteiger partial charge in [-0.05, 0) is 41.5 Å². The molecule has 5 rings (SSSR count). The quantitative estimate of drug-likeness (QED) is 0.576. The lowest BCUT2D eigenvalue weighted by molar-refractivity contribution is -0.185. The second kappa shape index (κ2) is 8.18. The minimum absolute atomic E-state index is 0.120. The first-order valence-electron chi connectivity index (χ1n) is 10.4. The van der Waals surface area contributed by atoms with Gasteiger partial charge in [0.1, 0.15) is 0 Å². The Bertz CT molecular complexity index is 1250. The van der Waals surface area contributed by atoms with Crippen LogP contribution in [0.25, 0.3) is 5.57 Å². The third-order valence-electron chi connectivity index (χ3n) is 5.82. The number of methoxy groups -OCH3 is 2. The molecule has 7 nitrogen and oxygen atoms in total. The summed E-state index contributed by atoms with van der Waals surface area (Å²) in [6.45, 7) is 0.120. The number of ether oxygens (including phenoxy) is 5. The zero-order chi connectivity index (χ0) is 23.0. The van der Waals surface area contributed by atoms with E-state index in [1.54, 1.807) is 36.4 Å². The highest BCUT2D eigenvalue weighted by molar-refractivity contribution is 6.20. The summed E-state index contributed by atoms with van der Waals surface area (Å²) in [5, 5.41) is 11.8. The highest BCUT2D eigenvalue weighted by Crippen LogP contribution is 2.47. The van der Waals surface area contributed by atoms with E-state index in [2.05, 4.69) is 0 Å². The smallest absolute Gasteiger partial charge is 0.342 e. The van der Waals surface area contributed by atoms with Gasteiger partial charge in [0.05, 0.1) is 19.8 Å². The predicted molar refractivity (Wildman–Crippen MR) is 119 cm³/mol. The summed E-state index contributed by atoms with van der Waals surface area (Å²) in [6, 6.07) is 19.7. The van der Waals surface area contributed by atoms with Crippen molar-refractivity contribution in [3.63, 3.8) is 0 Å². The number of esters is 1. The Morgan fingerprint density at radius 2 is 1.67 bits per heavy atom. The van der Waals surface area contributed by atoms with Crippen LogP contribution in [0, 0.1) is 0 Å². The minimum atomic E-state index is -1.99. The molecule has 0 saturated heterocycles. The van der Waals surface area contributed by atoms with Crippen molar-refractivity contribution in [2.75, 3.05) is 21.0 Å². The molecule has 0 spiro atoms. The van der Waals surface area contributed by atoms with Crippen molar-refractivity contribution in [3.05, 3.63) is 89.0 Å². The molecule has 0 bridgehead atoms. The van der Waals surface area contributed by atoms with E-state index in [-0.39, 0.29) is 12.4 Å². The predicted octanol–water partition coefficient (Wildman–Crippen LogP) is 3.83. The molecule has 1 atom stereocenters. The number of hydrogen-bond acceptors (Lipinski definition) is 7. The van der Waals surface area contributed by atoms with Crippen LogP contribution < -0.4 is 18.9 Å². The number of hydrogen-bond donors (Lipinski definition) is 1. The van der Waals surface area contributed by atoms with Crippen molar-refractivity contribution in [1.82, 2.24) is 0 Å². The number of carbonyl (C=O) groups is 1. The maximum Gasteiger partial charge on any atom is 0.342 e. The number of benzene rings is 3. The SMILES string of the molecule is COc1ccc(C2(O)OC(=O)C(c3ccc4c(c3)OCO4)=C2Cc2ccccc2)cc1OC. The summed E-state index contributed by atoms with van der Waals surface area (Å²) >= 11 is 0. The lowest BCUT2D eigenvalue weighted by Gasteiger charge is -2.26. The first-order chi connectivity index (χ1) is 16.0. The lowest BCUT2D eigenvalue weighted by Crippen LogP contribution is -2.29. The van der Waals surface area contributed by atoms with Crippen molar-refractivity contribution in [1.29, 1.82) is 0 Å². The van der Waals surface area contributed by atoms with E-state index in [9.17, 15) is 9.90 Å². The van der Waals surface area contributed by atoms with E-state index in [0.29, 0.717) is 46.1 Å². The van der Waals surface area contributed by atoms with Crippen molar-refractivity contribution < 1.29 is 33.6 Å². The number of cyclic esters (lactones) is 1. The fraction of sp³-hybridized carbons (Fsp3) is 0.192. The first kappa shape index (κ1) is 20.9. The van der Waals surface area contributed by atoms with Crippen LogP contribution in [0.1, 0.15) is 16.7 Å². The van der Waals surface area contributed by atoms with Gasteiger partial charge in [-0.2, -0.15) is 0 Å². The molecule has 0 radical (unpaired) electrons. The number of fused-ring (bicyclic) bond motifs is 1. The highest BCUT2D eigenvalue weighted by atomic mass is 16.7. The van der Waals surface area contributed by atoms with Gasteiger partial charge in [-0.3, -0.25) is 0 Å². The molecule has 3 aromatic carbocycles. The van der Waals surface area contributed by atoms with Gasteiger partial charge < -0.3 is 28.8 Å². The maximum absolute atomic E-state index is 13.2. The van der Waals surface area contributed by atoms with Crippen molar-refractivity contribution in [3.8, 4) is 23.0 Å². The largest absolute Gasteiger partial charge is 0.493 e. The van der Waals surface area contributed by atoms with E-state index in [0.717, 1.165) is 5.56 Å². The highest BCUT2D eigenvalue weighted by Gasteiger charge is 2.48. The van der Waals surface area contributed by atoms with Crippen LogP contribution in [0.15, 0.2) is 72.3 Å². The zero-order valence-corrected chi connectivity index (χ0v) is 18.2. The molecule has 2 aliphatic heterocycles. The third kappa shape index (κ3) is 3.56. The molecule has 3 aromatic rings. The van der Waals surface area contributed by atoms with Crippen LogP contribution in [-0.4, -0.2) is 32.1 Å². The topological polar surface area (TPSA) is 83.5 Å². The summed E-state index contributed by atoms with van der Waals surface area (Å²) in [5.41, 5.74) is 2.56. The van der Waals surface area contributed by atoms with Gasteiger partial charge in [0.25, 0.3) is 5.79 Å². The van der Waals surface area contributed by atoms with Crippen molar-refractivity contribution in [2.24, 2.45) is 0 Å². The van der Waals surface area contributed by atoms with Crippen LogP contribution >= 0.6 is 0 Å². The second-order valence-electron chi connectivity index (χ2n) is 7.69. The Kier molecular flexibility index (Phi) is 5.18. The number of rotatable bonds is 6. The van der Waals surface area contributed by atoms with Gasteiger partial charge in [0, 0.05) is 17.6 Å². The molecule has 0 aromatic heterocycles. The van der Waals surface area contributed by atoms with Gasteiger partial charge in [-0.1, -0.05) is 36.4 Å². The summed E-state index contributed by atoms with van der Waals surface area (Å²) in [7, 11) is 3.03. The van der Waals surface area contributed by atoms with Crippen molar-refractivity contribution >= 4 is 11.5 Å². The standard InChI is InChI=1S/C26H22O7/c1-29-20-11-9-18(14-22(20)30-2)26(28)19(12-16-6-4-3-5-7-16)24(25(27)33-26)17-8-10-21-23(13-17)32-15-31-21/h3-11,13-14,28H,12,15H2,1-2H3. The molecule has 0 amide bonds.